The van der Waals surface area contributed by atoms with Crippen LogP contribution in [0.1, 0.15) is 0 Å². The van der Waals surface area contributed by atoms with Crippen LogP contribution in [0.3, 0.4) is 0 Å². The van der Waals surface area contributed by atoms with Gasteiger partial charge in [0.2, 0.25) is 0 Å². The summed E-state index contributed by atoms with van der Waals surface area (Å²) in [5, 5.41) is 12.2. The van der Waals surface area contributed by atoms with Crippen LogP contribution in [0.25, 0.3) is 104 Å². The zero-order valence-electron chi connectivity index (χ0n) is 28.7. The molecule has 0 fully saturated rings. The van der Waals surface area contributed by atoms with E-state index in [0.717, 1.165) is 44.5 Å². The predicted octanol–water partition coefficient (Wildman–Crippen LogP) is 13.2. The Morgan fingerprint density at radius 3 is 1.55 bits per heavy atom. The Morgan fingerprint density at radius 1 is 0.340 bits per heavy atom. The molecule has 2 heterocycles. The lowest BCUT2D eigenvalue weighted by Gasteiger charge is -2.16. The zero-order chi connectivity index (χ0) is 34.9. The maximum absolute atomic E-state index is 5.34. The van der Waals surface area contributed by atoms with Crippen LogP contribution in [-0.2, 0) is 0 Å². The fourth-order valence-electron chi connectivity index (χ4n) is 8.39. The van der Waals surface area contributed by atoms with E-state index in [2.05, 4.69) is 187 Å². The molecular weight excluding hydrogens is 643 g/mol. The Hall–Kier alpha value is -7.10. The second kappa shape index (κ2) is 11.7. The van der Waals surface area contributed by atoms with Gasteiger partial charge in [0.25, 0.3) is 0 Å². The molecule has 0 unspecified atom stereocenters. The summed E-state index contributed by atoms with van der Waals surface area (Å²) in [4.78, 5) is 10.6. The highest BCUT2D eigenvalue weighted by Gasteiger charge is 2.20. The Balaban J connectivity index is 1.20. The van der Waals surface area contributed by atoms with E-state index in [1.54, 1.807) is 0 Å². The van der Waals surface area contributed by atoms with E-state index in [1.807, 2.05) is 6.07 Å². The summed E-state index contributed by atoms with van der Waals surface area (Å²) in [6.45, 7) is 0. The Morgan fingerprint density at radius 2 is 0.868 bits per heavy atom. The van der Waals surface area contributed by atoms with Crippen molar-refractivity contribution >= 4 is 64.9 Å². The summed E-state index contributed by atoms with van der Waals surface area (Å²) in [6, 6.07) is 67.3. The van der Waals surface area contributed by atoms with Gasteiger partial charge in [-0.25, -0.2) is 9.97 Å². The van der Waals surface area contributed by atoms with Crippen molar-refractivity contribution in [1.82, 2.24) is 14.5 Å². The van der Waals surface area contributed by atoms with Crippen molar-refractivity contribution in [2.24, 2.45) is 0 Å². The van der Waals surface area contributed by atoms with Crippen molar-refractivity contribution < 1.29 is 0 Å². The highest BCUT2D eigenvalue weighted by molar-refractivity contribution is 6.29. The molecule has 9 aromatic carbocycles. The van der Waals surface area contributed by atoms with Crippen LogP contribution in [0.2, 0.25) is 0 Å². The summed E-state index contributed by atoms with van der Waals surface area (Å²) >= 11 is 0. The van der Waals surface area contributed by atoms with Gasteiger partial charge in [-0.2, -0.15) is 0 Å². The van der Waals surface area contributed by atoms with Crippen molar-refractivity contribution in [3.63, 3.8) is 0 Å². The molecule has 3 nitrogen and oxygen atoms in total. The molecule has 0 aliphatic carbocycles. The number of fused-ring (bicyclic) bond motifs is 9. The Bertz CT molecular complexity index is 3130. The highest BCUT2D eigenvalue weighted by Crippen LogP contribution is 2.43. The maximum atomic E-state index is 5.34. The minimum Gasteiger partial charge on any atom is -0.309 e. The number of hydrogen-bond donors (Lipinski definition) is 0. The summed E-state index contributed by atoms with van der Waals surface area (Å²) in [5.74, 6) is 0.705. The van der Waals surface area contributed by atoms with Crippen molar-refractivity contribution in [3.8, 4) is 39.6 Å². The van der Waals surface area contributed by atoms with Gasteiger partial charge >= 0.3 is 0 Å². The van der Waals surface area contributed by atoms with Gasteiger partial charge in [0.1, 0.15) is 0 Å². The van der Waals surface area contributed by atoms with Crippen molar-refractivity contribution in [1.29, 1.82) is 0 Å². The lowest BCUT2D eigenvalue weighted by atomic mass is 9.99. The number of rotatable bonds is 4. The molecular formula is C50H31N3. The summed E-state index contributed by atoms with van der Waals surface area (Å²) in [6.07, 6.45) is 0. The first-order chi connectivity index (χ1) is 26.3. The van der Waals surface area contributed by atoms with E-state index in [-0.39, 0.29) is 0 Å². The lowest BCUT2D eigenvalue weighted by molar-refractivity contribution is 1.18. The normalized spacial score (nSPS) is 11.8. The molecule has 0 amide bonds. The number of aromatic nitrogens is 3. The molecule has 11 aromatic rings. The van der Waals surface area contributed by atoms with Gasteiger partial charge in [0.15, 0.2) is 5.82 Å². The van der Waals surface area contributed by atoms with Gasteiger partial charge in [-0.1, -0.05) is 158 Å². The third-order valence-corrected chi connectivity index (χ3v) is 10.8. The topological polar surface area (TPSA) is 30.7 Å². The van der Waals surface area contributed by atoms with Crippen LogP contribution in [0.4, 0.5) is 0 Å². The summed E-state index contributed by atoms with van der Waals surface area (Å²) in [7, 11) is 0. The average molecular weight is 674 g/mol. The van der Waals surface area contributed by atoms with E-state index in [9.17, 15) is 0 Å². The molecule has 3 heteroatoms. The molecule has 2 aromatic heterocycles. The van der Waals surface area contributed by atoms with Crippen LogP contribution in [0, 0.1) is 0 Å². The Labute approximate surface area is 306 Å². The van der Waals surface area contributed by atoms with Gasteiger partial charge in [0, 0.05) is 32.8 Å². The third kappa shape index (κ3) is 4.61. The molecule has 0 N–H and O–H groups in total. The molecule has 0 aliphatic rings. The predicted molar refractivity (Wildman–Crippen MR) is 223 cm³/mol. The van der Waals surface area contributed by atoms with Gasteiger partial charge in [-0.15, -0.1) is 0 Å². The first kappa shape index (κ1) is 29.6. The molecule has 0 aliphatic heterocycles. The number of benzene rings is 9. The summed E-state index contributed by atoms with van der Waals surface area (Å²) < 4.78 is 2.46. The van der Waals surface area contributed by atoms with Crippen molar-refractivity contribution in [2.45, 2.75) is 0 Å². The van der Waals surface area contributed by atoms with E-state index in [0.29, 0.717) is 5.82 Å². The highest BCUT2D eigenvalue weighted by atomic mass is 15.0. The van der Waals surface area contributed by atoms with Crippen molar-refractivity contribution in [3.05, 3.63) is 188 Å². The molecule has 246 valence electrons. The largest absolute Gasteiger partial charge is 0.309 e. The molecule has 0 bridgehead atoms. The van der Waals surface area contributed by atoms with Crippen molar-refractivity contribution in [2.75, 3.05) is 0 Å². The fourth-order valence-corrected chi connectivity index (χ4v) is 8.39. The molecule has 0 atom stereocenters. The minimum absolute atomic E-state index is 0.705. The van der Waals surface area contributed by atoms with Crippen LogP contribution >= 0.6 is 0 Å². The van der Waals surface area contributed by atoms with E-state index < -0.39 is 0 Å². The fraction of sp³-hybridized carbons (Fsp3) is 0. The lowest BCUT2D eigenvalue weighted by Crippen LogP contribution is -1.99. The van der Waals surface area contributed by atoms with Crippen LogP contribution in [-0.4, -0.2) is 14.5 Å². The van der Waals surface area contributed by atoms with Gasteiger partial charge in [0.05, 0.1) is 28.1 Å². The molecule has 0 spiro atoms. The van der Waals surface area contributed by atoms with Gasteiger partial charge in [-0.05, 0) is 68.0 Å². The quantitative estimate of drug-likeness (QED) is 0.186. The standard InChI is InChI=1S/C50H31N3/c1-2-16-35(17-3-1)43-31-44(40-24-12-18-32-13-4-7-19-36(32)40)52-50(51-43)42-27-30-45(41-23-11-10-22-39(41)42)53-46-28-25-33-14-5-8-20-37(33)48(46)49-38-21-9-6-15-34(38)26-29-47(49)53/h1-31H. The Kier molecular flexibility index (Phi) is 6.55. The van der Waals surface area contributed by atoms with E-state index in [1.165, 1.54) is 54.1 Å². The summed E-state index contributed by atoms with van der Waals surface area (Å²) in [5.41, 5.74) is 8.46. The molecule has 0 saturated carbocycles. The number of hydrogen-bond acceptors (Lipinski definition) is 2. The smallest absolute Gasteiger partial charge is 0.161 e. The first-order valence-corrected chi connectivity index (χ1v) is 18.1. The molecule has 53 heavy (non-hydrogen) atoms. The monoisotopic (exact) mass is 673 g/mol. The van der Waals surface area contributed by atoms with Crippen LogP contribution in [0.5, 0.6) is 0 Å². The average Bonchev–Trinajstić information content (AvgIpc) is 3.58. The van der Waals surface area contributed by atoms with Crippen LogP contribution < -0.4 is 0 Å². The first-order valence-electron chi connectivity index (χ1n) is 18.1. The van der Waals surface area contributed by atoms with E-state index in [4.69, 9.17) is 9.97 Å². The SMILES string of the molecule is c1ccc(-c2cc(-c3cccc4ccccc34)nc(-c3ccc(-n4c5ccc6ccccc6c5c5c6ccccc6ccc54)c4ccccc34)n2)cc1. The van der Waals surface area contributed by atoms with E-state index >= 15 is 0 Å². The molecule has 11 rings (SSSR count). The molecule has 0 saturated heterocycles. The molecule has 0 radical (unpaired) electrons. The number of nitrogens with zero attached hydrogens (tertiary/aromatic N) is 3. The second-order valence-electron chi connectivity index (χ2n) is 13.7. The third-order valence-electron chi connectivity index (χ3n) is 10.8. The maximum Gasteiger partial charge on any atom is 0.161 e. The minimum atomic E-state index is 0.705. The van der Waals surface area contributed by atoms with Gasteiger partial charge < -0.3 is 4.57 Å². The van der Waals surface area contributed by atoms with Gasteiger partial charge in [-0.3, -0.25) is 0 Å². The zero-order valence-corrected chi connectivity index (χ0v) is 28.7. The van der Waals surface area contributed by atoms with Crippen LogP contribution in [0.15, 0.2) is 188 Å². The second-order valence-corrected chi connectivity index (χ2v) is 13.7.